The molecule has 5 heteroatoms. The first kappa shape index (κ1) is 11.9. The lowest BCUT2D eigenvalue weighted by atomic mass is 10.3. The molecule has 1 aromatic heterocycles. The minimum atomic E-state index is 0.629. The van der Waals surface area contributed by atoms with E-state index in [0.29, 0.717) is 12.4 Å². The molecular weight excluding hydrogens is 282 g/mol. The zero-order valence-corrected chi connectivity index (χ0v) is 10.9. The van der Waals surface area contributed by atoms with Gasteiger partial charge in [0.1, 0.15) is 17.9 Å². The molecule has 1 N–H and O–H groups in total. The third-order valence-corrected chi connectivity index (χ3v) is 2.69. The number of rotatable bonds is 4. The van der Waals surface area contributed by atoms with Gasteiger partial charge in [0.15, 0.2) is 0 Å². The van der Waals surface area contributed by atoms with Gasteiger partial charge in [-0.2, -0.15) is 0 Å². The lowest BCUT2D eigenvalue weighted by molar-refractivity contribution is 0.342. The molecule has 0 bridgehead atoms. The van der Waals surface area contributed by atoms with Crippen molar-refractivity contribution < 1.29 is 4.74 Å². The lowest BCUT2D eigenvalue weighted by Crippen LogP contribution is -1.99. The van der Waals surface area contributed by atoms with Crippen LogP contribution in [0.25, 0.3) is 0 Å². The highest BCUT2D eigenvalue weighted by Gasteiger charge is 2.05. The minimum Gasteiger partial charge on any atom is -0.492 e. The zero-order valence-electron chi connectivity index (χ0n) is 9.35. The molecule has 4 nitrogen and oxygen atoms in total. The fourth-order valence-corrected chi connectivity index (χ4v) is 1.70. The monoisotopic (exact) mass is 293 g/mol. The van der Waals surface area contributed by atoms with E-state index in [1.165, 1.54) is 6.33 Å². The van der Waals surface area contributed by atoms with Gasteiger partial charge in [-0.25, -0.2) is 9.97 Å². The normalized spacial score (nSPS) is 10.0. The van der Waals surface area contributed by atoms with Gasteiger partial charge in [0, 0.05) is 6.20 Å². The highest BCUT2D eigenvalue weighted by atomic mass is 79.9. The molecule has 0 aliphatic heterocycles. The van der Waals surface area contributed by atoms with E-state index in [4.69, 9.17) is 4.74 Å². The summed E-state index contributed by atoms with van der Waals surface area (Å²) >= 11 is 3.39. The standard InChI is InChI=1S/C12H12BrN3O/c1-2-17-11-6-4-3-5-10(11)16-12-9(13)7-14-8-15-12/h3-8H,2H2,1H3,(H,14,15,16). The Hall–Kier alpha value is -1.62. The maximum Gasteiger partial charge on any atom is 0.148 e. The number of aromatic nitrogens is 2. The Labute approximate surface area is 108 Å². The molecule has 0 unspecified atom stereocenters. The molecule has 2 aromatic rings. The molecule has 0 saturated heterocycles. The van der Waals surface area contributed by atoms with Crippen LogP contribution in [0.4, 0.5) is 11.5 Å². The number of halogens is 1. The van der Waals surface area contributed by atoms with Crippen molar-refractivity contribution in [3.8, 4) is 5.75 Å². The number of benzene rings is 1. The van der Waals surface area contributed by atoms with E-state index < -0.39 is 0 Å². The molecule has 0 saturated carbocycles. The first-order valence-corrected chi connectivity index (χ1v) is 6.05. The van der Waals surface area contributed by atoms with Crippen LogP contribution in [0.3, 0.4) is 0 Å². The average Bonchev–Trinajstić information content (AvgIpc) is 2.35. The Bertz CT molecular complexity index is 505. The summed E-state index contributed by atoms with van der Waals surface area (Å²) in [6.07, 6.45) is 3.19. The van der Waals surface area contributed by atoms with Crippen molar-refractivity contribution in [3.63, 3.8) is 0 Å². The van der Waals surface area contributed by atoms with E-state index in [1.807, 2.05) is 31.2 Å². The van der Waals surface area contributed by atoms with Crippen molar-refractivity contribution in [1.82, 2.24) is 9.97 Å². The van der Waals surface area contributed by atoms with E-state index in [-0.39, 0.29) is 0 Å². The third kappa shape index (κ3) is 2.94. The first-order chi connectivity index (χ1) is 8.31. The summed E-state index contributed by atoms with van der Waals surface area (Å²) in [4.78, 5) is 8.07. The maximum absolute atomic E-state index is 5.53. The SMILES string of the molecule is CCOc1ccccc1Nc1ncncc1Br. The predicted octanol–water partition coefficient (Wildman–Crippen LogP) is 3.38. The van der Waals surface area contributed by atoms with Gasteiger partial charge in [0.05, 0.1) is 16.8 Å². The molecule has 17 heavy (non-hydrogen) atoms. The van der Waals surface area contributed by atoms with Crippen molar-refractivity contribution >= 4 is 27.4 Å². The van der Waals surface area contributed by atoms with Gasteiger partial charge < -0.3 is 10.1 Å². The Kier molecular flexibility index (Phi) is 3.93. The number of para-hydroxylation sites is 2. The highest BCUT2D eigenvalue weighted by Crippen LogP contribution is 2.29. The Morgan fingerprint density at radius 2 is 2.18 bits per heavy atom. The second-order valence-corrected chi connectivity index (χ2v) is 4.13. The van der Waals surface area contributed by atoms with Crippen molar-refractivity contribution in [2.75, 3.05) is 11.9 Å². The van der Waals surface area contributed by atoms with Crippen LogP contribution < -0.4 is 10.1 Å². The van der Waals surface area contributed by atoms with Crippen LogP contribution in [-0.2, 0) is 0 Å². The molecule has 0 aliphatic carbocycles. The number of nitrogens with zero attached hydrogens (tertiary/aromatic N) is 2. The molecule has 0 aliphatic rings. The summed E-state index contributed by atoms with van der Waals surface area (Å²) < 4.78 is 6.34. The van der Waals surface area contributed by atoms with Gasteiger partial charge in [0.25, 0.3) is 0 Å². The Balaban J connectivity index is 2.27. The van der Waals surface area contributed by atoms with E-state index in [1.54, 1.807) is 6.20 Å². The van der Waals surface area contributed by atoms with Gasteiger partial charge in [-0.15, -0.1) is 0 Å². The van der Waals surface area contributed by atoms with Crippen LogP contribution in [-0.4, -0.2) is 16.6 Å². The van der Waals surface area contributed by atoms with Gasteiger partial charge in [0.2, 0.25) is 0 Å². The molecular formula is C12H12BrN3O. The molecule has 2 rings (SSSR count). The molecule has 0 radical (unpaired) electrons. The fraction of sp³-hybridized carbons (Fsp3) is 0.167. The minimum absolute atomic E-state index is 0.629. The first-order valence-electron chi connectivity index (χ1n) is 5.25. The summed E-state index contributed by atoms with van der Waals surface area (Å²) in [5.41, 5.74) is 0.883. The molecule has 0 spiro atoms. The number of ether oxygens (including phenoxy) is 1. The van der Waals surface area contributed by atoms with Crippen LogP contribution in [0.5, 0.6) is 5.75 Å². The largest absolute Gasteiger partial charge is 0.492 e. The van der Waals surface area contributed by atoms with E-state index in [9.17, 15) is 0 Å². The van der Waals surface area contributed by atoms with Crippen LogP contribution >= 0.6 is 15.9 Å². The fourth-order valence-electron chi connectivity index (χ4n) is 1.38. The van der Waals surface area contributed by atoms with E-state index in [0.717, 1.165) is 15.9 Å². The summed E-state index contributed by atoms with van der Waals surface area (Å²) in [6, 6.07) is 7.74. The van der Waals surface area contributed by atoms with Crippen molar-refractivity contribution in [2.24, 2.45) is 0 Å². The second kappa shape index (κ2) is 5.63. The van der Waals surface area contributed by atoms with Crippen molar-refractivity contribution in [3.05, 3.63) is 41.3 Å². The third-order valence-electron chi connectivity index (χ3n) is 2.11. The Morgan fingerprint density at radius 3 is 2.94 bits per heavy atom. The predicted molar refractivity (Wildman–Crippen MR) is 70.6 cm³/mol. The van der Waals surface area contributed by atoms with E-state index in [2.05, 4.69) is 31.2 Å². The molecule has 0 atom stereocenters. The smallest absolute Gasteiger partial charge is 0.148 e. The molecule has 1 heterocycles. The summed E-state index contributed by atoms with van der Waals surface area (Å²) in [5, 5.41) is 3.20. The Morgan fingerprint density at radius 1 is 1.35 bits per heavy atom. The lowest BCUT2D eigenvalue weighted by Gasteiger charge is -2.11. The maximum atomic E-state index is 5.53. The van der Waals surface area contributed by atoms with E-state index >= 15 is 0 Å². The van der Waals surface area contributed by atoms with Crippen LogP contribution in [0.1, 0.15) is 6.92 Å². The second-order valence-electron chi connectivity index (χ2n) is 3.27. The van der Waals surface area contributed by atoms with Crippen molar-refractivity contribution in [1.29, 1.82) is 0 Å². The molecule has 88 valence electrons. The topological polar surface area (TPSA) is 47.0 Å². The summed E-state index contributed by atoms with van der Waals surface area (Å²) in [6.45, 7) is 2.58. The number of nitrogens with one attached hydrogen (secondary N) is 1. The van der Waals surface area contributed by atoms with Crippen LogP contribution in [0, 0.1) is 0 Å². The summed E-state index contributed by atoms with van der Waals surface area (Å²) in [7, 11) is 0. The molecule has 0 amide bonds. The highest BCUT2D eigenvalue weighted by molar-refractivity contribution is 9.10. The zero-order chi connectivity index (χ0) is 12.1. The molecule has 0 fully saturated rings. The quantitative estimate of drug-likeness (QED) is 0.939. The van der Waals surface area contributed by atoms with Gasteiger partial charge in [-0.1, -0.05) is 12.1 Å². The average molecular weight is 294 g/mol. The summed E-state index contributed by atoms with van der Waals surface area (Å²) in [5.74, 6) is 1.52. The number of hydrogen-bond acceptors (Lipinski definition) is 4. The van der Waals surface area contributed by atoms with Crippen LogP contribution in [0.15, 0.2) is 41.3 Å². The van der Waals surface area contributed by atoms with Gasteiger partial charge >= 0.3 is 0 Å². The number of hydrogen-bond donors (Lipinski definition) is 1. The van der Waals surface area contributed by atoms with Crippen LogP contribution in [0.2, 0.25) is 0 Å². The van der Waals surface area contributed by atoms with Gasteiger partial charge in [-0.3, -0.25) is 0 Å². The van der Waals surface area contributed by atoms with Gasteiger partial charge in [-0.05, 0) is 35.0 Å². The molecule has 1 aromatic carbocycles. The van der Waals surface area contributed by atoms with Crippen molar-refractivity contribution in [2.45, 2.75) is 6.92 Å². The number of anilines is 2.